The minimum Gasteiger partial charge on any atom is -0.396 e. The Hall–Kier alpha value is -0.570. The van der Waals surface area contributed by atoms with Crippen molar-refractivity contribution < 1.29 is 9.90 Å². The zero-order chi connectivity index (χ0) is 13.9. The zero-order valence-corrected chi connectivity index (χ0v) is 12.5. The molecule has 1 atom stereocenters. The van der Waals surface area contributed by atoms with Gasteiger partial charge in [0, 0.05) is 19.1 Å². The summed E-state index contributed by atoms with van der Waals surface area (Å²) in [6.45, 7) is 3.12. The quantitative estimate of drug-likeness (QED) is 0.745. The smallest absolute Gasteiger partial charge is 0.223 e. The van der Waals surface area contributed by atoms with Gasteiger partial charge in [-0.2, -0.15) is 0 Å². The highest BCUT2D eigenvalue weighted by molar-refractivity contribution is 5.78. The highest BCUT2D eigenvalue weighted by Gasteiger charge is 2.19. The summed E-state index contributed by atoms with van der Waals surface area (Å²) < 4.78 is 0. The lowest BCUT2D eigenvalue weighted by molar-refractivity contribution is -0.125. The topological polar surface area (TPSA) is 49.3 Å². The van der Waals surface area contributed by atoms with E-state index in [-0.39, 0.29) is 18.4 Å². The van der Waals surface area contributed by atoms with Crippen LogP contribution in [0.3, 0.4) is 0 Å². The Bertz CT molecular complexity index is 229. The van der Waals surface area contributed by atoms with Crippen LogP contribution in [-0.4, -0.2) is 24.2 Å². The summed E-state index contributed by atoms with van der Waals surface area (Å²) in [5.41, 5.74) is 0. The van der Waals surface area contributed by atoms with E-state index in [1.165, 1.54) is 32.1 Å². The van der Waals surface area contributed by atoms with Crippen LogP contribution in [0.1, 0.15) is 71.1 Å². The lowest BCUT2D eigenvalue weighted by atomic mass is 9.90. The zero-order valence-electron chi connectivity index (χ0n) is 12.5. The van der Waals surface area contributed by atoms with Gasteiger partial charge in [0.15, 0.2) is 0 Å². The predicted octanol–water partition coefficient (Wildman–Crippen LogP) is 3.26. The van der Waals surface area contributed by atoms with Crippen LogP contribution in [0.25, 0.3) is 0 Å². The van der Waals surface area contributed by atoms with Gasteiger partial charge < -0.3 is 10.4 Å². The van der Waals surface area contributed by atoms with Gasteiger partial charge in [-0.3, -0.25) is 4.79 Å². The molecule has 0 aromatic heterocycles. The molecule has 19 heavy (non-hydrogen) atoms. The number of hydrogen-bond acceptors (Lipinski definition) is 2. The van der Waals surface area contributed by atoms with Crippen LogP contribution in [0.15, 0.2) is 0 Å². The standard InChI is InChI=1S/C16H31NO2/c1-2-8-14(11-12-18)13-17-16(19)15-9-6-4-3-5-7-10-15/h14-15,18H,2-13H2,1H3,(H,17,19). The van der Waals surface area contributed by atoms with Gasteiger partial charge in [-0.05, 0) is 31.6 Å². The maximum absolute atomic E-state index is 12.2. The van der Waals surface area contributed by atoms with Gasteiger partial charge in [-0.25, -0.2) is 0 Å². The molecule has 3 nitrogen and oxygen atoms in total. The number of nitrogens with one attached hydrogen (secondary N) is 1. The van der Waals surface area contributed by atoms with Crippen molar-refractivity contribution in [2.45, 2.75) is 71.1 Å². The van der Waals surface area contributed by atoms with E-state index < -0.39 is 0 Å². The summed E-state index contributed by atoms with van der Waals surface area (Å²) in [4.78, 5) is 12.2. The monoisotopic (exact) mass is 269 g/mol. The van der Waals surface area contributed by atoms with Crippen LogP contribution in [-0.2, 0) is 4.79 Å². The molecular formula is C16H31NO2. The van der Waals surface area contributed by atoms with Crippen LogP contribution in [0.5, 0.6) is 0 Å². The molecule has 1 aliphatic rings. The Morgan fingerprint density at radius 3 is 2.37 bits per heavy atom. The lowest BCUT2D eigenvalue weighted by Crippen LogP contribution is -2.35. The number of amides is 1. The molecule has 1 amide bonds. The molecule has 1 unspecified atom stereocenters. The average molecular weight is 269 g/mol. The second kappa shape index (κ2) is 10.2. The first-order valence-corrected chi connectivity index (χ1v) is 8.16. The third-order valence-corrected chi connectivity index (χ3v) is 4.28. The first-order chi connectivity index (χ1) is 9.27. The summed E-state index contributed by atoms with van der Waals surface area (Å²) in [6, 6.07) is 0. The maximum atomic E-state index is 12.2. The first kappa shape index (κ1) is 16.5. The van der Waals surface area contributed by atoms with Gasteiger partial charge >= 0.3 is 0 Å². The van der Waals surface area contributed by atoms with Gasteiger partial charge in [-0.15, -0.1) is 0 Å². The summed E-state index contributed by atoms with van der Waals surface area (Å²) in [5, 5.41) is 12.2. The van der Waals surface area contributed by atoms with E-state index in [0.29, 0.717) is 5.92 Å². The second-order valence-electron chi connectivity index (χ2n) is 5.95. The van der Waals surface area contributed by atoms with E-state index in [1.807, 2.05) is 0 Å². The molecule has 3 heteroatoms. The highest BCUT2D eigenvalue weighted by Crippen LogP contribution is 2.22. The van der Waals surface area contributed by atoms with Crippen LogP contribution in [0, 0.1) is 11.8 Å². The fourth-order valence-electron chi connectivity index (χ4n) is 3.05. The minimum absolute atomic E-state index is 0.226. The van der Waals surface area contributed by atoms with Crippen LogP contribution >= 0.6 is 0 Å². The normalized spacial score (nSPS) is 19.5. The molecule has 2 N–H and O–H groups in total. The number of carbonyl (C=O) groups is 1. The van der Waals surface area contributed by atoms with Crippen molar-refractivity contribution >= 4 is 5.91 Å². The number of hydrogen-bond donors (Lipinski definition) is 2. The molecule has 0 aliphatic heterocycles. The fourth-order valence-corrected chi connectivity index (χ4v) is 3.05. The summed E-state index contributed by atoms with van der Waals surface area (Å²) in [7, 11) is 0. The van der Waals surface area contributed by atoms with E-state index >= 15 is 0 Å². The van der Waals surface area contributed by atoms with Crippen molar-refractivity contribution in [3.05, 3.63) is 0 Å². The molecule has 1 rings (SSSR count). The van der Waals surface area contributed by atoms with Crippen LogP contribution in [0.4, 0.5) is 0 Å². The van der Waals surface area contributed by atoms with E-state index in [9.17, 15) is 4.79 Å². The van der Waals surface area contributed by atoms with E-state index in [0.717, 1.165) is 38.6 Å². The molecule has 1 aliphatic carbocycles. The van der Waals surface area contributed by atoms with Crippen molar-refractivity contribution in [2.75, 3.05) is 13.2 Å². The fraction of sp³-hybridized carbons (Fsp3) is 0.938. The van der Waals surface area contributed by atoms with Gasteiger partial charge in [0.05, 0.1) is 0 Å². The van der Waals surface area contributed by atoms with Crippen molar-refractivity contribution in [1.29, 1.82) is 0 Å². The van der Waals surface area contributed by atoms with E-state index in [1.54, 1.807) is 0 Å². The third-order valence-electron chi connectivity index (χ3n) is 4.28. The van der Waals surface area contributed by atoms with Crippen molar-refractivity contribution in [1.82, 2.24) is 5.32 Å². The summed E-state index contributed by atoms with van der Waals surface area (Å²) in [6.07, 6.45) is 11.4. The molecule has 0 aromatic carbocycles. The number of rotatable bonds is 7. The molecule has 0 heterocycles. The average Bonchev–Trinajstić information content (AvgIpc) is 2.36. The SMILES string of the molecule is CCCC(CCO)CNC(=O)C1CCCCCCC1. The van der Waals surface area contributed by atoms with Gasteiger partial charge in [0.2, 0.25) is 5.91 Å². The Balaban J connectivity index is 2.30. The molecule has 0 aromatic rings. The molecule has 0 radical (unpaired) electrons. The van der Waals surface area contributed by atoms with Crippen molar-refractivity contribution in [3.63, 3.8) is 0 Å². The summed E-state index contributed by atoms with van der Waals surface area (Å²) in [5.74, 6) is 0.921. The molecule has 1 saturated carbocycles. The number of aliphatic hydroxyl groups is 1. The Kier molecular flexibility index (Phi) is 8.89. The summed E-state index contributed by atoms with van der Waals surface area (Å²) >= 11 is 0. The lowest BCUT2D eigenvalue weighted by Gasteiger charge is -2.21. The number of aliphatic hydroxyl groups excluding tert-OH is 1. The van der Waals surface area contributed by atoms with E-state index in [2.05, 4.69) is 12.2 Å². The number of carbonyl (C=O) groups excluding carboxylic acids is 1. The Morgan fingerprint density at radius 1 is 1.16 bits per heavy atom. The Labute approximate surface area is 118 Å². The maximum Gasteiger partial charge on any atom is 0.223 e. The first-order valence-electron chi connectivity index (χ1n) is 8.16. The van der Waals surface area contributed by atoms with Gasteiger partial charge in [0.25, 0.3) is 0 Å². The largest absolute Gasteiger partial charge is 0.396 e. The Morgan fingerprint density at radius 2 is 1.79 bits per heavy atom. The molecule has 0 saturated heterocycles. The second-order valence-corrected chi connectivity index (χ2v) is 5.95. The molecule has 112 valence electrons. The van der Waals surface area contributed by atoms with Gasteiger partial charge in [-0.1, -0.05) is 45.4 Å². The third kappa shape index (κ3) is 6.95. The minimum atomic E-state index is 0.226. The van der Waals surface area contributed by atoms with E-state index in [4.69, 9.17) is 5.11 Å². The van der Waals surface area contributed by atoms with Crippen LogP contribution in [0.2, 0.25) is 0 Å². The molecule has 0 bridgehead atoms. The molecular weight excluding hydrogens is 238 g/mol. The van der Waals surface area contributed by atoms with Crippen LogP contribution < -0.4 is 5.32 Å². The highest BCUT2D eigenvalue weighted by atomic mass is 16.3. The van der Waals surface area contributed by atoms with Crippen molar-refractivity contribution in [3.8, 4) is 0 Å². The van der Waals surface area contributed by atoms with Crippen molar-refractivity contribution in [2.24, 2.45) is 11.8 Å². The molecule has 0 spiro atoms. The van der Waals surface area contributed by atoms with Gasteiger partial charge in [0.1, 0.15) is 0 Å². The predicted molar refractivity (Wildman–Crippen MR) is 78.9 cm³/mol. The molecule has 1 fully saturated rings.